The van der Waals surface area contributed by atoms with Crippen molar-refractivity contribution in [1.82, 2.24) is 5.43 Å². The number of carbonyl (C=O) groups is 2. The molecule has 0 spiro atoms. The molecule has 0 aliphatic rings. The van der Waals surface area contributed by atoms with Gasteiger partial charge < -0.3 is 14.2 Å². The minimum Gasteiger partial charge on any atom is -0.493 e. The SMILES string of the molecule is COc1cc(/C=N\NC(=O)c2cccc(I)c2)cc(Cl)c1OS(=O)(=O)c1ccc(NC(C)=O)cc1. The Kier molecular flexibility index (Phi) is 8.70. The topological polar surface area (TPSA) is 123 Å². The van der Waals surface area contributed by atoms with Crippen LogP contribution < -0.4 is 19.7 Å². The minimum absolute atomic E-state index is 0.0429. The summed E-state index contributed by atoms with van der Waals surface area (Å²) in [5.74, 6) is -0.846. The van der Waals surface area contributed by atoms with Gasteiger partial charge in [0.25, 0.3) is 5.91 Å². The zero-order chi connectivity index (χ0) is 25.6. The van der Waals surface area contributed by atoms with Crippen LogP contribution in [0.3, 0.4) is 0 Å². The van der Waals surface area contributed by atoms with Gasteiger partial charge in [-0.05, 0) is 82.8 Å². The molecule has 3 aromatic rings. The smallest absolute Gasteiger partial charge is 0.339 e. The number of methoxy groups -OCH3 is 1. The van der Waals surface area contributed by atoms with Crippen LogP contribution in [-0.2, 0) is 14.9 Å². The molecule has 0 aromatic heterocycles. The molecule has 0 aliphatic carbocycles. The molecule has 3 rings (SSSR count). The number of rotatable bonds is 8. The van der Waals surface area contributed by atoms with Crippen molar-refractivity contribution in [3.05, 3.63) is 80.4 Å². The van der Waals surface area contributed by atoms with Gasteiger partial charge in [-0.1, -0.05) is 17.7 Å². The Bertz CT molecular complexity index is 1390. The van der Waals surface area contributed by atoms with Gasteiger partial charge in [-0.3, -0.25) is 9.59 Å². The number of hydrogen-bond acceptors (Lipinski definition) is 7. The number of amides is 2. The van der Waals surface area contributed by atoms with Gasteiger partial charge in [-0.25, -0.2) is 5.43 Å². The molecule has 0 atom stereocenters. The van der Waals surface area contributed by atoms with E-state index in [-0.39, 0.29) is 27.3 Å². The molecule has 0 aliphatic heterocycles. The van der Waals surface area contributed by atoms with Crippen LogP contribution in [0.5, 0.6) is 11.5 Å². The average Bonchev–Trinajstić information content (AvgIpc) is 2.80. The van der Waals surface area contributed by atoms with E-state index < -0.39 is 16.0 Å². The predicted molar refractivity (Wildman–Crippen MR) is 141 cm³/mol. The largest absolute Gasteiger partial charge is 0.493 e. The van der Waals surface area contributed by atoms with Crippen molar-refractivity contribution in [2.75, 3.05) is 12.4 Å². The molecular formula is C23H19ClIN3O6S. The monoisotopic (exact) mass is 627 g/mol. The van der Waals surface area contributed by atoms with Crippen LogP contribution in [0.4, 0.5) is 5.69 Å². The van der Waals surface area contributed by atoms with E-state index in [0.717, 1.165) is 3.57 Å². The lowest BCUT2D eigenvalue weighted by Crippen LogP contribution is -2.17. The van der Waals surface area contributed by atoms with Gasteiger partial charge in [0, 0.05) is 21.7 Å². The summed E-state index contributed by atoms with van der Waals surface area (Å²) in [6, 6.07) is 15.3. The fourth-order valence-corrected chi connectivity index (χ4v) is 4.62. The van der Waals surface area contributed by atoms with Crippen molar-refractivity contribution in [2.45, 2.75) is 11.8 Å². The second-order valence-electron chi connectivity index (χ2n) is 6.99. The van der Waals surface area contributed by atoms with Crippen LogP contribution in [-0.4, -0.2) is 33.6 Å². The number of benzene rings is 3. The maximum atomic E-state index is 12.7. The van der Waals surface area contributed by atoms with Crippen LogP contribution in [0.25, 0.3) is 0 Å². The number of halogens is 2. The maximum absolute atomic E-state index is 12.7. The molecule has 0 fully saturated rings. The van der Waals surface area contributed by atoms with Gasteiger partial charge in [-0.15, -0.1) is 0 Å². The quantitative estimate of drug-likeness (QED) is 0.165. The normalized spacial score (nSPS) is 11.2. The number of hydrazone groups is 1. The summed E-state index contributed by atoms with van der Waals surface area (Å²) >= 11 is 8.38. The molecule has 35 heavy (non-hydrogen) atoms. The summed E-state index contributed by atoms with van der Waals surface area (Å²) in [4.78, 5) is 23.2. The van der Waals surface area contributed by atoms with Crippen molar-refractivity contribution in [2.24, 2.45) is 5.10 Å². The highest BCUT2D eigenvalue weighted by atomic mass is 127. The molecule has 2 amide bonds. The van der Waals surface area contributed by atoms with E-state index in [0.29, 0.717) is 16.8 Å². The molecule has 182 valence electrons. The summed E-state index contributed by atoms with van der Waals surface area (Å²) in [6.45, 7) is 1.34. The summed E-state index contributed by atoms with van der Waals surface area (Å²) in [6.07, 6.45) is 1.33. The number of hydrogen-bond donors (Lipinski definition) is 2. The second kappa shape index (κ2) is 11.5. The number of nitrogens with zero attached hydrogens (tertiary/aromatic N) is 1. The zero-order valence-electron chi connectivity index (χ0n) is 18.4. The lowest BCUT2D eigenvalue weighted by atomic mass is 10.2. The first-order valence-corrected chi connectivity index (χ1v) is 12.7. The maximum Gasteiger partial charge on any atom is 0.339 e. The molecule has 0 unspecified atom stereocenters. The van der Waals surface area contributed by atoms with Gasteiger partial charge in [0.05, 0.1) is 18.3 Å². The number of carbonyl (C=O) groups excluding carboxylic acids is 2. The van der Waals surface area contributed by atoms with Crippen molar-refractivity contribution in [3.63, 3.8) is 0 Å². The third-order valence-corrected chi connectivity index (χ3v) is 6.56. The van der Waals surface area contributed by atoms with Gasteiger partial charge in [-0.2, -0.15) is 13.5 Å². The third-order valence-electron chi connectivity index (χ3n) is 4.37. The zero-order valence-corrected chi connectivity index (χ0v) is 22.1. The molecule has 2 N–H and O–H groups in total. The molecule has 0 bridgehead atoms. The highest BCUT2D eigenvalue weighted by molar-refractivity contribution is 14.1. The van der Waals surface area contributed by atoms with E-state index in [4.69, 9.17) is 20.5 Å². The molecule has 12 heteroatoms. The van der Waals surface area contributed by atoms with Crippen LogP contribution in [0, 0.1) is 3.57 Å². The van der Waals surface area contributed by atoms with Gasteiger partial charge in [0.15, 0.2) is 5.75 Å². The summed E-state index contributed by atoms with van der Waals surface area (Å²) in [5, 5.41) is 6.41. The first kappa shape index (κ1) is 26.4. The Morgan fingerprint density at radius 1 is 1.09 bits per heavy atom. The Balaban J connectivity index is 1.77. The van der Waals surface area contributed by atoms with Crippen molar-refractivity contribution in [1.29, 1.82) is 0 Å². The fraction of sp³-hybridized carbons (Fsp3) is 0.0870. The van der Waals surface area contributed by atoms with Gasteiger partial charge in [0.2, 0.25) is 11.7 Å². The van der Waals surface area contributed by atoms with E-state index in [1.807, 2.05) is 6.07 Å². The lowest BCUT2D eigenvalue weighted by molar-refractivity contribution is -0.114. The lowest BCUT2D eigenvalue weighted by Gasteiger charge is -2.13. The number of nitrogens with one attached hydrogen (secondary N) is 2. The second-order valence-corrected chi connectivity index (χ2v) is 10.2. The molecular weight excluding hydrogens is 609 g/mol. The predicted octanol–water partition coefficient (Wildman–Crippen LogP) is 4.44. The first-order chi connectivity index (χ1) is 16.6. The molecule has 3 aromatic carbocycles. The molecule has 0 saturated heterocycles. The Hall–Kier alpha value is -3.16. The fourth-order valence-electron chi connectivity index (χ4n) is 2.82. The molecule has 0 radical (unpaired) electrons. The van der Waals surface area contributed by atoms with Crippen molar-refractivity contribution in [3.8, 4) is 11.5 Å². The van der Waals surface area contributed by atoms with Crippen molar-refractivity contribution >= 4 is 68.0 Å². The van der Waals surface area contributed by atoms with Crippen LogP contribution in [0.1, 0.15) is 22.8 Å². The van der Waals surface area contributed by atoms with Crippen LogP contribution >= 0.6 is 34.2 Å². The number of anilines is 1. The van der Waals surface area contributed by atoms with E-state index in [9.17, 15) is 18.0 Å². The highest BCUT2D eigenvalue weighted by Gasteiger charge is 2.22. The summed E-state index contributed by atoms with van der Waals surface area (Å²) in [7, 11) is -2.93. The standard InChI is InChI=1S/C23H19ClIN3O6S/c1-14(29)27-18-6-8-19(9-7-18)35(31,32)34-22-20(24)10-15(11-21(22)33-2)13-26-28-23(30)16-4-3-5-17(25)12-16/h3-13H,1-2H3,(H,27,29)(H,28,30)/b26-13-. The van der Waals surface area contributed by atoms with E-state index in [1.165, 1.54) is 56.6 Å². The van der Waals surface area contributed by atoms with Crippen molar-refractivity contribution < 1.29 is 26.9 Å². The van der Waals surface area contributed by atoms with Crippen LogP contribution in [0.15, 0.2) is 70.7 Å². The van der Waals surface area contributed by atoms with Crippen LogP contribution in [0.2, 0.25) is 5.02 Å². The third kappa shape index (κ3) is 7.16. The molecule has 0 saturated carbocycles. The Labute approximate surface area is 220 Å². The van der Waals surface area contributed by atoms with E-state index in [2.05, 4.69) is 38.4 Å². The van der Waals surface area contributed by atoms with E-state index >= 15 is 0 Å². The molecule has 0 heterocycles. The molecule has 9 nitrogen and oxygen atoms in total. The Morgan fingerprint density at radius 2 is 1.80 bits per heavy atom. The average molecular weight is 628 g/mol. The highest BCUT2D eigenvalue weighted by Crippen LogP contribution is 2.38. The number of ether oxygens (including phenoxy) is 1. The van der Waals surface area contributed by atoms with E-state index in [1.54, 1.807) is 18.2 Å². The summed E-state index contributed by atoms with van der Waals surface area (Å²) in [5.41, 5.74) is 3.72. The minimum atomic E-state index is -4.26. The first-order valence-electron chi connectivity index (χ1n) is 9.87. The Morgan fingerprint density at radius 3 is 2.43 bits per heavy atom. The van der Waals surface area contributed by atoms with Gasteiger partial charge in [0.1, 0.15) is 4.90 Å². The van der Waals surface area contributed by atoms with Gasteiger partial charge >= 0.3 is 10.1 Å². The summed E-state index contributed by atoms with van der Waals surface area (Å²) < 4.78 is 36.9.